The van der Waals surface area contributed by atoms with Crippen LogP contribution < -0.4 is 4.74 Å². The highest BCUT2D eigenvalue weighted by Gasteiger charge is 2.29. The molecule has 0 bridgehead atoms. The first kappa shape index (κ1) is 15.3. The molecule has 2 aromatic carbocycles. The van der Waals surface area contributed by atoms with Gasteiger partial charge in [0.1, 0.15) is 12.4 Å². The summed E-state index contributed by atoms with van der Waals surface area (Å²) in [7, 11) is 0. The molecule has 1 aliphatic rings. The molecule has 118 valence electrons. The number of likely N-dealkylation sites (tertiary alicyclic amines) is 1. The number of rotatable bonds is 5. The first-order valence-electron chi connectivity index (χ1n) is 8.14. The smallest absolute Gasteiger partial charge is 0.127 e. The number of aliphatic hydroxyl groups is 1. The topological polar surface area (TPSA) is 32.7 Å². The van der Waals surface area contributed by atoms with Gasteiger partial charge in [0.25, 0.3) is 0 Å². The standard InChI is InChI=1S/C19H25NO2/c1-19(15-21)10-5-11-20(14-19)12-13-22-18-9-4-7-16-6-2-3-8-17(16)18/h2-4,6-9,21H,5,10-15H2,1H3. The van der Waals surface area contributed by atoms with Crippen LogP contribution in [0.5, 0.6) is 5.75 Å². The number of nitrogens with zero attached hydrogens (tertiary/aromatic N) is 1. The highest BCUT2D eigenvalue weighted by Crippen LogP contribution is 2.29. The summed E-state index contributed by atoms with van der Waals surface area (Å²) in [6.07, 6.45) is 2.27. The van der Waals surface area contributed by atoms with Gasteiger partial charge in [-0.3, -0.25) is 4.90 Å². The average molecular weight is 299 g/mol. The van der Waals surface area contributed by atoms with Gasteiger partial charge in [0.15, 0.2) is 0 Å². The third-order valence-corrected chi connectivity index (χ3v) is 4.66. The lowest BCUT2D eigenvalue weighted by atomic mass is 9.83. The number of piperidine rings is 1. The molecule has 3 heteroatoms. The molecular weight excluding hydrogens is 274 g/mol. The van der Waals surface area contributed by atoms with Gasteiger partial charge in [0.2, 0.25) is 0 Å². The van der Waals surface area contributed by atoms with Crippen LogP contribution in [0.2, 0.25) is 0 Å². The fourth-order valence-corrected chi connectivity index (χ4v) is 3.35. The summed E-state index contributed by atoms with van der Waals surface area (Å²) in [6.45, 7) is 6.11. The fraction of sp³-hybridized carbons (Fsp3) is 0.474. The van der Waals surface area contributed by atoms with Crippen LogP contribution in [-0.4, -0.2) is 42.9 Å². The van der Waals surface area contributed by atoms with Gasteiger partial charge >= 0.3 is 0 Å². The van der Waals surface area contributed by atoms with Crippen LogP contribution in [0.3, 0.4) is 0 Å². The van der Waals surface area contributed by atoms with Crippen molar-refractivity contribution in [2.24, 2.45) is 5.41 Å². The quantitative estimate of drug-likeness (QED) is 0.919. The Balaban J connectivity index is 1.58. The van der Waals surface area contributed by atoms with Gasteiger partial charge in [-0.2, -0.15) is 0 Å². The second kappa shape index (κ2) is 6.67. The lowest BCUT2D eigenvalue weighted by Gasteiger charge is -2.39. The molecule has 1 N–H and O–H groups in total. The predicted octanol–water partition coefficient (Wildman–Crippen LogP) is 3.31. The number of hydrogen-bond acceptors (Lipinski definition) is 3. The van der Waals surface area contributed by atoms with Crippen molar-refractivity contribution < 1.29 is 9.84 Å². The fourth-order valence-electron chi connectivity index (χ4n) is 3.35. The summed E-state index contributed by atoms with van der Waals surface area (Å²) in [5.74, 6) is 0.958. The molecule has 0 aliphatic carbocycles. The molecule has 1 saturated heterocycles. The van der Waals surface area contributed by atoms with Crippen LogP contribution in [0.4, 0.5) is 0 Å². The zero-order valence-corrected chi connectivity index (χ0v) is 13.3. The van der Waals surface area contributed by atoms with E-state index in [0.717, 1.165) is 38.2 Å². The summed E-state index contributed by atoms with van der Waals surface area (Å²) in [5.41, 5.74) is 0.0533. The van der Waals surface area contributed by atoms with Crippen molar-refractivity contribution in [1.29, 1.82) is 0 Å². The summed E-state index contributed by atoms with van der Waals surface area (Å²) >= 11 is 0. The Hall–Kier alpha value is -1.58. The highest BCUT2D eigenvalue weighted by atomic mass is 16.5. The molecule has 1 fully saturated rings. The van der Waals surface area contributed by atoms with E-state index in [2.05, 4.69) is 36.1 Å². The van der Waals surface area contributed by atoms with E-state index in [9.17, 15) is 5.11 Å². The number of ether oxygens (including phenoxy) is 1. The van der Waals surface area contributed by atoms with E-state index in [0.29, 0.717) is 6.61 Å². The van der Waals surface area contributed by atoms with Crippen LogP contribution in [0.15, 0.2) is 42.5 Å². The SMILES string of the molecule is CC1(CO)CCCN(CCOc2cccc3ccccc23)C1. The van der Waals surface area contributed by atoms with E-state index < -0.39 is 0 Å². The lowest BCUT2D eigenvalue weighted by Crippen LogP contribution is -2.45. The first-order valence-corrected chi connectivity index (χ1v) is 8.14. The Kier molecular flexibility index (Phi) is 4.65. The molecular formula is C19H25NO2. The van der Waals surface area contributed by atoms with E-state index in [-0.39, 0.29) is 12.0 Å². The Labute approximate surface area is 132 Å². The normalized spacial score (nSPS) is 22.8. The number of fused-ring (bicyclic) bond motifs is 1. The maximum Gasteiger partial charge on any atom is 0.127 e. The minimum Gasteiger partial charge on any atom is -0.492 e. The summed E-state index contributed by atoms with van der Waals surface area (Å²) in [5, 5.41) is 11.9. The lowest BCUT2D eigenvalue weighted by molar-refractivity contribution is 0.0407. The molecule has 22 heavy (non-hydrogen) atoms. The summed E-state index contributed by atoms with van der Waals surface area (Å²) < 4.78 is 6.02. The average Bonchev–Trinajstić information content (AvgIpc) is 2.55. The number of benzene rings is 2. The monoisotopic (exact) mass is 299 g/mol. The molecule has 1 atom stereocenters. The zero-order valence-electron chi connectivity index (χ0n) is 13.3. The number of aliphatic hydroxyl groups excluding tert-OH is 1. The molecule has 2 aromatic rings. The molecule has 0 radical (unpaired) electrons. The Bertz CT molecular complexity index is 622. The summed E-state index contributed by atoms with van der Waals surface area (Å²) in [6, 6.07) is 14.5. The maximum atomic E-state index is 9.53. The molecule has 1 heterocycles. The molecule has 1 unspecified atom stereocenters. The maximum absolute atomic E-state index is 9.53. The van der Waals surface area contributed by atoms with Crippen LogP contribution in [0, 0.1) is 5.41 Å². The molecule has 3 rings (SSSR count). The minimum atomic E-state index is 0.0533. The molecule has 1 aliphatic heterocycles. The predicted molar refractivity (Wildman–Crippen MR) is 90.3 cm³/mol. The van der Waals surface area contributed by atoms with Gasteiger partial charge in [0.05, 0.1) is 0 Å². The third-order valence-electron chi connectivity index (χ3n) is 4.66. The van der Waals surface area contributed by atoms with Crippen LogP contribution in [-0.2, 0) is 0 Å². The van der Waals surface area contributed by atoms with E-state index >= 15 is 0 Å². The zero-order chi connectivity index (χ0) is 15.4. The number of hydrogen-bond donors (Lipinski definition) is 1. The molecule has 0 amide bonds. The van der Waals surface area contributed by atoms with Gasteiger partial charge in [-0.25, -0.2) is 0 Å². The van der Waals surface area contributed by atoms with Gasteiger partial charge in [-0.05, 0) is 30.8 Å². The first-order chi connectivity index (χ1) is 10.7. The van der Waals surface area contributed by atoms with Crippen molar-refractivity contribution in [2.45, 2.75) is 19.8 Å². The van der Waals surface area contributed by atoms with Gasteiger partial charge in [-0.1, -0.05) is 43.3 Å². The second-order valence-corrected chi connectivity index (χ2v) is 6.67. The van der Waals surface area contributed by atoms with Crippen molar-refractivity contribution in [3.8, 4) is 5.75 Å². The van der Waals surface area contributed by atoms with Crippen molar-refractivity contribution in [3.05, 3.63) is 42.5 Å². The van der Waals surface area contributed by atoms with E-state index in [1.807, 2.05) is 18.2 Å². The Morgan fingerprint density at radius 2 is 2.00 bits per heavy atom. The Morgan fingerprint density at radius 3 is 2.86 bits per heavy atom. The Morgan fingerprint density at radius 1 is 1.18 bits per heavy atom. The van der Waals surface area contributed by atoms with Crippen LogP contribution in [0.1, 0.15) is 19.8 Å². The minimum absolute atomic E-state index is 0.0533. The van der Waals surface area contributed by atoms with Gasteiger partial charge in [0, 0.05) is 30.5 Å². The van der Waals surface area contributed by atoms with E-state index in [4.69, 9.17) is 4.74 Å². The molecule has 3 nitrogen and oxygen atoms in total. The van der Waals surface area contributed by atoms with Crippen LogP contribution in [0.25, 0.3) is 10.8 Å². The molecule has 0 spiro atoms. The molecule has 0 aromatic heterocycles. The van der Waals surface area contributed by atoms with Crippen molar-refractivity contribution in [3.63, 3.8) is 0 Å². The second-order valence-electron chi connectivity index (χ2n) is 6.67. The van der Waals surface area contributed by atoms with Gasteiger partial charge < -0.3 is 9.84 Å². The third kappa shape index (κ3) is 3.42. The van der Waals surface area contributed by atoms with Crippen LogP contribution >= 0.6 is 0 Å². The van der Waals surface area contributed by atoms with Crippen molar-refractivity contribution in [1.82, 2.24) is 4.90 Å². The van der Waals surface area contributed by atoms with Crippen molar-refractivity contribution in [2.75, 3.05) is 32.8 Å². The van der Waals surface area contributed by atoms with Crippen molar-refractivity contribution >= 4 is 10.8 Å². The van der Waals surface area contributed by atoms with E-state index in [1.54, 1.807) is 0 Å². The largest absolute Gasteiger partial charge is 0.492 e. The highest BCUT2D eigenvalue weighted by molar-refractivity contribution is 5.88. The molecule has 0 saturated carbocycles. The van der Waals surface area contributed by atoms with Gasteiger partial charge in [-0.15, -0.1) is 0 Å². The van der Waals surface area contributed by atoms with E-state index in [1.165, 1.54) is 10.8 Å². The summed E-state index contributed by atoms with van der Waals surface area (Å²) in [4.78, 5) is 2.41.